The number of hydrogen-bond donors (Lipinski definition) is 3. The molecule has 0 rings (SSSR count). The van der Waals surface area contributed by atoms with E-state index >= 15 is 0 Å². The number of amides is 1. The Morgan fingerprint density at radius 2 is 0.681 bits per heavy atom. The second-order valence-electron chi connectivity index (χ2n) is 21.4. The third-order valence-corrected chi connectivity index (χ3v) is 14.5. The van der Waals surface area contributed by atoms with Crippen molar-refractivity contribution in [1.29, 1.82) is 0 Å². The van der Waals surface area contributed by atoms with Crippen molar-refractivity contribution in [2.75, 3.05) is 13.2 Å². The fourth-order valence-electron chi connectivity index (χ4n) is 9.69. The topological polar surface area (TPSA) is 95.9 Å². The molecule has 0 aliphatic heterocycles. The zero-order chi connectivity index (χ0) is 50.0. The Bertz CT molecular complexity index is 1080. The first-order valence-corrected chi connectivity index (χ1v) is 31.1. The summed E-state index contributed by atoms with van der Waals surface area (Å²) in [6.45, 7) is 4.94. The fraction of sp³-hybridized carbons (Fsp3) is 0.905. The van der Waals surface area contributed by atoms with Crippen LogP contribution in [-0.2, 0) is 14.3 Å². The number of rotatable bonds is 58. The lowest BCUT2D eigenvalue weighted by molar-refractivity contribution is -0.143. The molecule has 6 heteroatoms. The molecule has 0 fully saturated rings. The van der Waals surface area contributed by atoms with Gasteiger partial charge in [-0.05, 0) is 77.0 Å². The molecule has 0 aromatic rings. The van der Waals surface area contributed by atoms with Gasteiger partial charge in [0.25, 0.3) is 0 Å². The van der Waals surface area contributed by atoms with Crippen molar-refractivity contribution >= 4 is 11.9 Å². The SMILES string of the molecule is CCCCCCC/C=C\CCCCCCCC(=O)OCCCCCCCCC/C=C\CCCCCCCC(=O)NC(CO)C(O)CCCCCCCCCCCCCCCCCCCCCCCC. The highest BCUT2D eigenvalue weighted by Gasteiger charge is 2.20. The Morgan fingerprint density at radius 3 is 1.03 bits per heavy atom. The summed E-state index contributed by atoms with van der Waals surface area (Å²) in [6, 6.07) is -0.555. The summed E-state index contributed by atoms with van der Waals surface area (Å²) in [4.78, 5) is 24.6. The third kappa shape index (κ3) is 55.5. The normalized spacial score (nSPS) is 12.7. The Balaban J connectivity index is 3.46. The van der Waals surface area contributed by atoms with Gasteiger partial charge in [-0.25, -0.2) is 0 Å². The van der Waals surface area contributed by atoms with Crippen LogP contribution in [0, 0.1) is 0 Å². The molecule has 0 aliphatic rings. The van der Waals surface area contributed by atoms with Crippen LogP contribution in [0.3, 0.4) is 0 Å². The summed E-state index contributed by atoms with van der Waals surface area (Å²) in [5.41, 5.74) is 0. The van der Waals surface area contributed by atoms with Crippen molar-refractivity contribution in [2.24, 2.45) is 0 Å². The van der Waals surface area contributed by atoms with Gasteiger partial charge in [-0.2, -0.15) is 0 Å². The van der Waals surface area contributed by atoms with Crippen LogP contribution < -0.4 is 5.32 Å². The molecular weight excluding hydrogens is 851 g/mol. The lowest BCUT2D eigenvalue weighted by Gasteiger charge is -2.22. The van der Waals surface area contributed by atoms with Gasteiger partial charge in [-0.3, -0.25) is 9.59 Å². The number of ether oxygens (including phenoxy) is 1. The van der Waals surface area contributed by atoms with E-state index in [4.69, 9.17) is 4.74 Å². The van der Waals surface area contributed by atoms with Crippen LogP contribution in [0.5, 0.6) is 0 Å². The third-order valence-electron chi connectivity index (χ3n) is 14.5. The number of esters is 1. The van der Waals surface area contributed by atoms with Crippen molar-refractivity contribution in [1.82, 2.24) is 5.32 Å². The van der Waals surface area contributed by atoms with Crippen LogP contribution in [0.25, 0.3) is 0 Å². The molecule has 0 bridgehead atoms. The smallest absolute Gasteiger partial charge is 0.305 e. The van der Waals surface area contributed by atoms with Gasteiger partial charge in [-0.15, -0.1) is 0 Å². The van der Waals surface area contributed by atoms with Crippen LogP contribution >= 0.6 is 0 Å². The lowest BCUT2D eigenvalue weighted by Crippen LogP contribution is -2.45. The van der Waals surface area contributed by atoms with Crippen molar-refractivity contribution < 1.29 is 24.5 Å². The summed E-state index contributed by atoms with van der Waals surface area (Å²) in [6.07, 6.45) is 71.8. The number of hydrogen-bond acceptors (Lipinski definition) is 5. The number of allylic oxidation sites excluding steroid dienone is 4. The predicted molar refractivity (Wildman–Crippen MR) is 301 cm³/mol. The zero-order valence-corrected chi connectivity index (χ0v) is 46.6. The number of carbonyl (C=O) groups is 2. The van der Waals surface area contributed by atoms with E-state index in [2.05, 4.69) is 43.5 Å². The van der Waals surface area contributed by atoms with Crippen LogP contribution in [0.15, 0.2) is 24.3 Å². The predicted octanol–water partition coefficient (Wildman–Crippen LogP) is 19.4. The number of carbonyl (C=O) groups excluding carboxylic acids is 2. The van der Waals surface area contributed by atoms with E-state index < -0.39 is 12.1 Å². The molecule has 69 heavy (non-hydrogen) atoms. The van der Waals surface area contributed by atoms with Gasteiger partial charge >= 0.3 is 5.97 Å². The maximum atomic E-state index is 12.5. The number of aliphatic hydroxyl groups is 2. The van der Waals surface area contributed by atoms with Gasteiger partial charge in [0.05, 0.1) is 25.4 Å². The summed E-state index contributed by atoms with van der Waals surface area (Å²) in [7, 11) is 0. The molecule has 2 atom stereocenters. The van der Waals surface area contributed by atoms with Crippen molar-refractivity contribution in [3.8, 4) is 0 Å². The maximum absolute atomic E-state index is 12.5. The van der Waals surface area contributed by atoms with Gasteiger partial charge < -0.3 is 20.3 Å². The van der Waals surface area contributed by atoms with Gasteiger partial charge in [0.1, 0.15) is 0 Å². The monoisotopic (exact) mass is 972 g/mol. The zero-order valence-electron chi connectivity index (χ0n) is 46.6. The average molecular weight is 973 g/mol. The molecule has 0 aliphatic carbocycles. The molecule has 0 saturated heterocycles. The molecule has 0 aromatic heterocycles. The van der Waals surface area contributed by atoms with E-state index in [0.29, 0.717) is 25.9 Å². The van der Waals surface area contributed by atoms with Crippen LogP contribution in [0.2, 0.25) is 0 Å². The number of nitrogens with one attached hydrogen (secondary N) is 1. The first-order chi connectivity index (χ1) is 34.0. The van der Waals surface area contributed by atoms with Crippen LogP contribution in [0.4, 0.5) is 0 Å². The minimum atomic E-state index is -0.676. The Labute approximate surface area is 431 Å². The molecule has 0 spiro atoms. The van der Waals surface area contributed by atoms with E-state index in [1.54, 1.807) is 0 Å². The Morgan fingerprint density at radius 1 is 0.391 bits per heavy atom. The summed E-state index contributed by atoms with van der Waals surface area (Å²) in [5.74, 6) is -0.0597. The average Bonchev–Trinajstić information content (AvgIpc) is 3.35. The molecule has 6 nitrogen and oxygen atoms in total. The molecule has 0 heterocycles. The first kappa shape index (κ1) is 67.3. The Hall–Kier alpha value is -1.66. The summed E-state index contributed by atoms with van der Waals surface area (Å²) < 4.78 is 5.47. The minimum Gasteiger partial charge on any atom is -0.466 e. The van der Waals surface area contributed by atoms with E-state index in [1.807, 2.05) is 0 Å². The second-order valence-corrected chi connectivity index (χ2v) is 21.4. The maximum Gasteiger partial charge on any atom is 0.305 e. The quantitative estimate of drug-likeness (QED) is 0.0321. The molecule has 0 aromatic carbocycles. The fourth-order valence-corrected chi connectivity index (χ4v) is 9.69. The molecule has 3 N–H and O–H groups in total. The Kier molecular flexibility index (Phi) is 57.5. The number of unbranched alkanes of at least 4 members (excludes halogenated alkanes) is 43. The van der Waals surface area contributed by atoms with Crippen LogP contribution in [-0.4, -0.2) is 47.4 Å². The largest absolute Gasteiger partial charge is 0.466 e. The molecule has 0 radical (unpaired) electrons. The molecule has 0 saturated carbocycles. The van der Waals surface area contributed by atoms with E-state index in [-0.39, 0.29) is 18.5 Å². The van der Waals surface area contributed by atoms with E-state index in [9.17, 15) is 19.8 Å². The van der Waals surface area contributed by atoms with Gasteiger partial charge in [0, 0.05) is 12.8 Å². The summed E-state index contributed by atoms with van der Waals surface area (Å²) >= 11 is 0. The highest BCUT2D eigenvalue weighted by molar-refractivity contribution is 5.76. The number of aliphatic hydroxyl groups excluding tert-OH is 2. The van der Waals surface area contributed by atoms with Gasteiger partial charge in [0.15, 0.2) is 0 Å². The van der Waals surface area contributed by atoms with Crippen LogP contribution in [0.1, 0.15) is 341 Å². The van der Waals surface area contributed by atoms with Gasteiger partial charge in [-0.1, -0.05) is 276 Å². The first-order valence-electron chi connectivity index (χ1n) is 31.1. The standard InChI is InChI=1S/C63H121NO5/c1-3-5-7-9-11-13-15-17-19-20-21-22-23-24-25-28-31-35-39-43-47-51-55-61(66)60(59-65)64-62(67)56-52-48-44-40-36-32-29-26-27-30-34-38-42-46-50-54-58-69-63(68)57-53-49-45-41-37-33-18-16-14-12-10-8-6-4-2/h16,18,26,29,60-61,65-66H,3-15,17,19-25,27-28,30-59H2,1-2H3,(H,64,67)/b18-16-,29-26-. The second kappa shape index (κ2) is 58.9. The van der Waals surface area contributed by atoms with Crippen molar-refractivity contribution in [2.45, 2.75) is 353 Å². The lowest BCUT2D eigenvalue weighted by atomic mass is 10.0. The molecule has 408 valence electrons. The molecular formula is C63H121NO5. The van der Waals surface area contributed by atoms with Crippen molar-refractivity contribution in [3.05, 3.63) is 24.3 Å². The highest BCUT2D eigenvalue weighted by atomic mass is 16.5. The van der Waals surface area contributed by atoms with E-state index in [0.717, 1.165) is 64.2 Å². The van der Waals surface area contributed by atoms with E-state index in [1.165, 1.54) is 244 Å². The molecule has 2 unspecified atom stereocenters. The van der Waals surface area contributed by atoms with Crippen molar-refractivity contribution in [3.63, 3.8) is 0 Å². The highest BCUT2D eigenvalue weighted by Crippen LogP contribution is 2.18. The van der Waals surface area contributed by atoms with Gasteiger partial charge in [0.2, 0.25) is 5.91 Å². The minimum absolute atomic E-state index is 0.0106. The molecule has 1 amide bonds. The summed E-state index contributed by atoms with van der Waals surface area (Å²) in [5, 5.41) is 23.4.